The molecule has 0 bridgehead atoms. The van der Waals surface area contributed by atoms with Crippen LogP contribution in [0, 0.1) is 20.8 Å². The number of rotatable bonds is 1. The average Bonchev–Trinajstić information content (AvgIpc) is 2.00. The Bertz CT molecular complexity index is 329. The Kier molecular flexibility index (Phi) is 2.68. The molecule has 0 spiro atoms. The van der Waals surface area contributed by atoms with Crippen molar-refractivity contribution >= 4 is 20.6 Å². The highest BCUT2D eigenvalue weighted by Crippen LogP contribution is 2.18. The molecule has 0 amide bonds. The predicted octanol–water partition coefficient (Wildman–Crippen LogP) is 3.15. The molecule has 0 aliphatic rings. The minimum Gasteiger partial charge on any atom is -0.281 e. The van der Waals surface area contributed by atoms with Gasteiger partial charge in [-0.15, -0.1) is 0 Å². The van der Waals surface area contributed by atoms with Gasteiger partial charge in [0.25, 0.3) is 0 Å². The molecule has 0 heterocycles. The van der Waals surface area contributed by atoms with Gasteiger partial charge in [-0.3, -0.25) is 4.79 Å². The molecule has 0 aromatic heterocycles. The van der Waals surface area contributed by atoms with E-state index in [1.165, 1.54) is 11.1 Å². The number of halogens is 1. The molecule has 1 aromatic carbocycles. The highest BCUT2D eigenvalue weighted by molar-refractivity contribution is 9.18. The van der Waals surface area contributed by atoms with Crippen LogP contribution >= 0.6 is 15.9 Å². The zero-order valence-electron chi connectivity index (χ0n) is 7.44. The van der Waals surface area contributed by atoms with Crippen molar-refractivity contribution < 1.29 is 4.79 Å². The summed E-state index contributed by atoms with van der Waals surface area (Å²) in [4.78, 5) is 11.0. The van der Waals surface area contributed by atoms with Crippen molar-refractivity contribution in [1.82, 2.24) is 0 Å². The van der Waals surface area contributed by atoms with Crippen LogP contribution in [0.2, 0.25) is 0 Å². The second-order valence-corrected chi connectivity index (χ2v) is 3.67. The minimum absolute atomic E-state index is 0.0388. The molecular weight excluding hydrogens is 216 g/mol. The molecule has 0 atom stereocenters. The molecule has 0 aliphatic carbocycles. The molecule has 0 saturated carbocycles. The third-order valence-corrected chi connectivity index (χ3v) is 2.70. The first-order chi connectivity index (χ1) is 5.54. The van der Waals surface area contributed by atoms with Crippen molar-refractivity contribution in [1.29, 1.82) is 0 Å². The fraction of sp³-hybridized carbons (Fsp3) is 0.300. The van der Waals surface area contributed by atoms with Gasteiger partial charge >= 0.3 is 0 Å². The fourth-order valence-electron chi connectivity index (χ4n) is 1.17. The van der Waals surface area contributed by atoms with Crippen molar-refractivity contribution in [3.8, 4) is 0 Å². The summed E-state index contributed by atoms with van der Waals surface area (Å²) in [6, 6.07) is 3.82. The van der Waals surface area contributed by atoms with Crippen LogP contribution in [0.1, 0.15) is 27.0 Å². The van der Waals surface area contributed by atoms with Crippen molar-refractivity contribution in [2.45, 2.75) is 20.8 Å². The van der Waals surface area contributed by atoms with Crippen molar-refractivity contribution in [2.75, 3.05) is 0 Å². The molecule has 64 valence electrons. The van der Waals surface area contributed by atoms with Crippen molar-refractivity contribution in [3.63, 3.8) is 0 Å². The number of aryl methyl sites for hydroxylation is 1. The van der Waals surface area contributed by atoms with E-state index in [2.05, 4.69) is 15.9 Å². The third kappa shape index (κ3) is 1.58. The first-order valence-electron chi connectivity index (χ1n) is 3.80. The van der Waals surface area contributed by atoms with Gasteiger partial charge in [0.05, 0.1) is 0 Å². The lowest BCUT2D eigenvalue weighted by atomic mass is 10.00. The Morgan fingerprint density at radius 1 is 1.17 bits per heavy atom. The van der Waals surface area contributed by atoms with Gasteiger partial charge in [0.2, 0.25) is 4.69 Å². The van der Waals surface area contributed by atoms with E-state index in [1.807, 2.05) is 32.9 Å². The maximum atomic E-state index is 11.0. The number of carbonyl (C=O) groups is 1. The highest BCUT2D eigenvalue weighted by atomic mass is 79.9. The van der Waals surface area contributed by atoms with Gasteiger partial charge in [-0.25, -0.2) is 0 Å². The molecule has 1 aromatic rings. The monoisotopic (exact) mass is 226 g/mol. The molecule has 0 N–H and O–H groups in total. The summed E-state index contributed by atoms with van der Waals surface area (Å²) in [6.45, 7) is 6.05. The standard InChI is InChI=1S/C10H11BrO/c1-6-4-5-9(10(11)12)8(3)7(6)2/h4-5H,1-3H3. The largest absolute Gasteiger partial charge is 0.281 e. The molecule has 12 heavy (non-hydrogen) atoms. The smallest absolute Gasteiger partial charge is 0.228 e. The fourth-order valence-corrected chi connectivity index (χ4v) is 1.60. The van der Waals surface area contributed by atoms with Gasteiger partial charge in [0, 0.05) is 5.56 Å². The lowest BCUT2D eigenvalue weighted by molar-refractivity contribution is 0.109. The summed E-state index contributed by atoms with van der Waals surface area (Å²) in [7, 11) is 0. The van der Waals surface area contributed by atoms with Crippen molar-refractivity contribution in [3.05, 3.63) is 34.4 Å². The zero-order valence-corrected chi connectivity index (χ0v) is 9.03. The van der Waals surface area contributed by atoms with Gasteiger partial charge in [-0.1, -0.05) is 6.07 Å². The van der Waals surface area contributed by atoms with Crippen LogP contribution in [0.3, 0.4) is 0 Å². The normalized spacial score (nSPS) is 10.0. The average molecular weight is 227 g/mol. The van der Waals surface area contributed by atoms with Gasteiger partial charge in [-0.05, 0) is 59.5 Å². The van der Waals surface area contributed by atoms with Crippen LogP contribution in [-0.4, -0.2) is 4.69 Å². The molecule has 0 unspecified atom stereocenters. The van der Waals surface area contributed by atoms with Crippen LogP contribution < -0.4 is 0 Å². The Morgan fingerprint density at radius 2 is 1.75 bits per heavy atom. The van der Waals surface area contributed by atoms with E-state index in [0.717, 1.165) is 11.1 Å². The molecule has 0 radical (unpaired) electrons. The van der Waals surface area contributed by atoms with E-state index in [-0.39, 0.29) is 4.69 Å². The summed E-state index contributed by atoms with van der Waals surface area (Å²) >= 11 is 2.95. The summed E-state index contributed by atoms with van der Waals surface area (Å²) in [6.07, 6.45) is 0. The molecule has 2 heteroatoms. The minimum atomic E-state index is -0.0388. The number of carbonyl (C=O) groups excluding carboxylic acids is 1. The topological polar surface area (TPSA) is 17.1 Å². The van der Waals surface area contributed by atoms with Gasteiger partial charge < -0.3 is 0 Å². The Hall–Kier alpha value is -0.630. The molecule has 1 rings (SSSR count). The Morgan fingerprint density at radius 3 is 2.25 bits per heavy atom. The number of hydrogen-bond donors (Lipinski definition) is 0. The second-order valence-electron chi connectivity index (χ2n) is 2.95. The molecule has 0 fully saturated rings. The van der Waals surface area contributed by atoms with E-state index in [9.17, 15) is 4.79 Å². The maximum absolute atomic E-state index is 11.0. The summed E-state index contributed by atoms with van der Waals surface area (Å²) in [5.74, 6) is 0. The Labute approximate surface area is 80.9 Å². The van der Waals surface area contributed by atoms with E-state index < -0.39 is 0 Å². The van der Waals surface area contributed by atoms with Gasteiger partial charge in [-0.2, -0.15) is 0 Å². The predicted molar refractivity (Wildman–Crippen MR) is 53.9 cm³/mol. The quantitative estimate of drug-likeness (QED) is 0.673. The number of benzene rings is 1. The van der Waals surface area contributed by atoms with Crippen LogP contribution in [0.5, 0.6) is 0 Å². The second kappa shape index (κ2) is 3.40. The zero-order chi connectivity index (χ0) is 9.30. The molecule has 0 aliphatic heterocycles. The highest BCUT2D eigenvalue weighted by Gasteiger charge is 2.07. The van der Waals surface area contributed by atoms with E-state index in [4.69, 9.17) is 0 Å². The summed E-state index contributed by atoms with van der Waals surface area (Å²) < 4.78 is -0.0388. The SMILES string of the molecule is Cc1ccc(C(=O)Br)c(C)c1C. The molecule has 1 nitrogen and oxygen atoms in total. The Balaban J connectivity index is 3.36. The number of hydrogen-bond acceptors (Lipinski definition) is 1. The third-order valence-electron chi connectivity index (χ3n) is 2.27. The lowest BCUT2D eigenvalue weighted by Gasteiger charge is -2.07. The van der Waals surface area contributed by atoms with Crippen LogP contribution in [0.15, 0.2) is 12.1 Å². The lowest BCUT2D eigenvalue weighted by Crippen LogP contribution is -1.96. The summed E-state index contributed by atoms with van der Waals surface area (Å²) in [5.41, 5.74) is 4.25. The van der Waals surface area contributed by atoms with Gasteiger partial charge in [0.1, 0.15) is 0 Å². The summed E-state index contributed by atoms with van der Waals surface area (Å²) in [5, 5.41) is 0. The molecule has 0 saturated heterocycles. The van der Waals surface area contributed by atoms with Crippen LogP contribution in [0.25, 0.3) is 0 Å². The van der Waals surface area contributed by atoms with E-state index >= 15 is 0 Å². The first-order valence-corrected chi connectivity index (χ1v) is 4.60. The van der Waals surface area contributed by atoms with E-state index in [0.29, 0.717) is 0 Å². The first kappa shape index (κ1) is 9.46. The van der Waals surface area contributed by atoms with Gasteiger partial charge in [0.15, 0.2) is 0 Å². The maximum Gasteiger partial charge on any atom is 0.228 e. The van der Waals surface area contributed by atoms with Crippen molar-refractivity contribution in [2.24, 2.45) is 0 Å². The molecular formula is C10H11BrO. The van der Waals surface area contributed by atoms with Crippen LogP contribution in [-0.2, 0) is 0 Å². The van der Waals surface area contributed by atoms with Crippen LogP contribution in [0.4, 0.5) is 0 Å². The van der Waals surface area contributed by atoms with E-state index in [1.54, 1.807) is 0 Å².